The minimum absolute atomic E-state index is 0.0682. The standard InChI is InChI=1S/C14H11ClF3NO/c15-8-1-4-11(17)13(5-8)19-7-14(20)10-3-2-9(16)6-12(10)18/h1-6,14,19-20H,7H2. The van der Waals surface area contributed by atoms with E-state index in [1.807, 2.05) is 0 Å². The van der Waals surface area contributed by atoms with Crippen molar-refractivity contribution < 1.29 is 18.3 Å². The highest BCUT2D eigenvalue weighted by molar-refractivity contribution is 6.30. The van der Waals surface area contributed by atoms with E-state index >= 15 is 0 Å². The Morgan fingerprint density at radius 3 is 2.50 bits per heavy atom. The van der Waals surface area contributed by atoms with E-state index in [1.54, 1.807) is 0 Å². The molecule has 6 heteroatoms. The molecular weight excluding hydrogens is 291 g/mol. The zero-order valence-electron chi connectivity index (χ0n) is 10.2. The summed E-state index contributed by atoms with van der Waals surface area (Å²) >= 11 is 5.72. The third-order valence-electron chi connectivity index (χ3n) is 2.74. The fourth-order valence-corrected chi connectivity index (χ4v) is 1.89. The maximum Gasteiger partial charge on any atom is 0.146 e. The van der Waals surface area contributed by atoms with Crippen LogP contribution in [0.25, 0.3) is 0 Å². The van der Waals surface area contributed by atoms with Crippen molar-refractivity contribution in [2.45, 2.75) is 6.10 Å². The molecule has 2 rings (SSSR count). The van der Waals surface area contributed by atoms with Crippen LogP contribution in [0.4, 0.5) is 18.9 Å². The van der Waals surface area contributed by atoms with Crippen molar-refractivity contribution >= 4 is 17.3 Å². The Kier molecular flexibility index (Phi) is 4.52. The van der Waals surface area contributed by atoms with Gasteiger partial charge in [-0.1, -0.05) is 17.7 Å². The lowest BCUT2D eigenvalue weighted by Crippen LogP contribution is -2.14. The normalized spacial score (nSPS) is 12.2. The van der Waals surface area contributed by atoms with E-state index in [0.29, 0.717) is 11.1 Å². The number of rotatable bonds is 4. The molecule has 0 saturated heterocycles. The van der Waals surface area contributed by atoms with E-state index in [-0.39, 0.29) is 17.8 Å². The zero-order valence-corrected chi connectivity index (χ0v) is 11.0. The number of benzene rings is 2. The van der Waals surface area contributed by atoms with Gasteiger partial charge in [-0.2, -0.15) is 0 Å². The second-order valence-electron chi connectivity index (χ2n) is 4.19. The first-order chi connectivity index (χ1) is 9.47. The summed E-state index contributed by atoms with van der Waals surface area (Å²) in [7, 11) is 0. The fraction of sp³-hybridized carbons (Fsp3) is 0.143. The summed E-state index contributed by atoms with van der Waals surface area (Å²) in [5.74, 6) is -2.13. The number of hydrogen-bond donors (Lipinski definition) is 2. The Balaban J connectivity index is 2.08. The van der Waals surface area contributed by atoms with Crippen molar-refractivity contribution in [3.05, 3.63) is 64.4 Å². The smallest absolute Gasteiger partial charge is 0.146 e. The molecular formula is C14H11ClF3NO. The first-order valence-corrected chi connectivity index (χ1v) is 6.17. The van der Waals surface area contributed by atoms with Crippen molar-refractivity contribution in [1.82, 2.24) is 0 Å². The molecule has 0 aliphatic rings. The Hall–Kier alpha value is -1.72. The molecule has 0 fully saturated rings. The molecule has 2 aromatic rings. The lowest BCUT2D eigenvalue weighted by atomic mass is 10.1. The summed E-state index contributed by atoms with van der Waals surface area (Å²) in [6.45, 7) is -0.139. The molecule has 0 amide bonds. The molecule has 0 aliphatic carbocycles. The second kappa shape index (κ2) is 6.15. The number of aliphatic hydroxyl groups is 1. The van der Waals surface area contributed by atoms with Crippen molar-refractivity contribution in [2.24, 2.45) is 0 Å². The van der Waals surface area contributed by atoms with E-state index < -0.39 is 23.6 Å². The number of halogens is 4. The molecule has 2 N–H and O–H groups in total. The van der Waals surface area contributed by atoms with Gasteiger partial charge in [-0.05, 0) is 24.3 Å². The Bertz CT molecular complexity index is 621. The van der Waals surface area contributed by atoms with Crippen LogP contribution in [0.5, 0.6) is 0 Å². The number of hydrogen-bond acceptors (Lipinski definition) is 2. The number of anilines is 1. The van der Waals surface area contributed by atoms with Gasteiger partial charge in [-0.25, -0.2) is 13.2 Å². The van der Waals surface area contributed by atoms with Crippen LogP contribution in [0.15, 0.2) is 36.4 Å². The van der Waals surface area contributed by atoms with Crippen LogP contribution in [0.3, 0.4) is 0 Å². The van der Waals surface area contributed by atoms with Crippen molar-refractivity contribution in [1.29, 1.82) is 0 Å². The van der Waals surface area contributed by atoms with Crippen molar-refractivity contribution in [3.8, 4) is 0 Å². The molecule has 0 radical (unpaired) electrons. The van der Waals surface area contributed by atoms with Crippen LogP contribution in [0.1, 0.15) is 11.7 Å². The van der Waals surface area contributed by atoms with Crippen molar-refractivity contribution in [2.75, 3.05) is 11.9 Å². The molecule has 2 nitrogen and oxygen atoms in total. The van der Waals surface area contributed by atoms with Gasteiger partial charge < -0.3 is 10.4 Å². The summed E-state index contributed by atoms with van der Waals surface area (Å²) in [5, 5.41) is 12.8. The lowest BCUT2D eigenvalue weighted by molar-refractivity contribution is 0.186. The summed E-state index contributed by atoms with van der Waals surface area (Å²) < 4.78 is 39.6. The van der Waals surface area contributed by atoms with Gasteiger partial charge in [0.25, 0.3) is 0 Å². The zero-order chi connectivity index (χ0) is 14.7. The van der Waals surface area contributed by atoms with E-state index in [0.717, 1.165) is 12.1 Å². The summed E-state index contributed by atoms with van der Waals surface area (Å²) in [4.78, 5) is 0. The third kappa shape index (κ3) is 3.43. The maximum atomic E-state index is 13.4. The van der Waals surface area contributed by atoms with E-state index in [2.05, 4.69) is 5.32 Å². The number of aliphatic hydroxyl groups excluding tert-OH is 1. The predicted octanol–water partition coefficient (Wildman–Crippen LogP) is 3.90. The van der Waals surface area contributed by atoms with Gasteiger partial charge in [0, 0.05) is 23.2 Å². The summed E-state index contributed by atoms with van der Waals surface area (Å²) in [6.07, 6.45) is -1.24. The molecule has 0 spiro atoms. The van der Waals surface area contributed by atoms with E-state index in [4.69, 9.17) is 11.6 Å². The van der Waals surface area contributed by atoms with Crippen LogP contribution >= 0.6 is 11.6 Å². The summed E-state index contributed by atoms with van der Waals surface area (Å²) in [6, 6.07) is 6.78. The largest absolute Gasteiger partial charge is 0.386 e. The lowest BCUT2D eigenvalue weighted by Gasteiger charge is -2.14. The second-order valence-corrected chi connectivity index (χ2v) is 4.62. The Morgan fingerprint density at radius 2 is 1.80 bits per heavy atom. The molecule has 106 valence electrons. The van der Waals surface area contributed by atoms with E-state index in [9.17, 15) is 18.3 Å². The Labute approximate surface area is 118 Å². The quantitative estimate of drug-likeness (QED) is 0.897. The molecule has 1 unspecified atom stereocenters. The van der Waals surface area contributed by atoms with Gasteiger partial charge in [-0.15, -0.1) is 0 Å². The van der Waals surface area contributed by atoms with Gasteiger partial charge in [0.05, 0.1) is 11.8 Å². The van der Waals surface area contributed by atoms with Crippen molar-refractivity contribution in [3.63, 3.8) is 0 Å². The topological polar surface area (TPSA) is 32.3 Å². The van der Waals surface area contributed by atoms with E-state index in [1.165, 1.54) is 18.2 Å². The molecule has 0 saturated carbocycles. The highest BCUT2D eigenvalue weighted by Gasteiger charge is 2.14. The monoisotopic (exact) mass is 301 g/mol. The van der Waals surface area contributed by atoms with Gasteiger partial charge in [0.1, 0.15) is 17.5 Å². The predicted molar refractivity (Wildman–Crippen MR) is 71.2 cm³/mol. The molecule has 20 heavy (non-hydrogen) atoms. The van der Waals surface area contributed by atoms with Crippen LogP contribution in [0.2, 0.25) is 5.02 Å². The van der Waals surface area contributed by atoms with Crippen LogP contribution in [0, 0.1) is 17.5 Å². The van der Waals surface area contributed by atoms with Gasteiger partial charge in [0.2, 0.25) is 0 Å². The average molecular weight is 302 g/mol. The molecule has 0 bridgehead atoms. The van der Waals surface area contributed by atoms with Crippen LogP contribution in [-0.2, 0) is 0 Å². The number of nitrogens with one attached hydrogen (secondary N) is 1. The highest BCUT2D eigenvalue weighted by Crippen LogP contribution is 2.22. The van der Waals surface area contributed by atoms with Crippen LogP contribution < -0.4 is 5.32 Å². The first-order valence-electron chi connectivity index (χ1n) is 5.79. The SMILES string of the molecule is OC(CNc1cc(Cl)ccc1F)c1ccc(F)cc1F. The molecule has 1 atom stereocenters. The Morgan fingerprint density at radius 1 is 1.05 bits per heavy atom. The molecule has 0 aliphatic heterocycles. The minimum Gasteiger partial charge on any atom is -0.386 e. The van der Waals surface area contributed by atoms with Gasteiger partial charge >= 0.3 is 0 Å². The van der Waals surface area contributed by atoms with Gasteiger partial charge in [-0.3, -0.25) is 0 Å². The molecule has 0 aromatic heterocycles. The third-order valence-corrected chi connectivity index (χ3v) is 2.97. The molecule has 0 heterocycles. The first kappa shape index (κ1) is 14.7. The fourth-order valence-electron chi connectivity index (χ4n) is 1.72. The minimum atomic E-state index is -1.24. The van der Waals surface area contributed by atoms with Crippen LogP contribution in [-0.4, -0.2) is 11.7 Å². The highest BCUT2D eigenvalue weighted by atomic mass is 35.5. The average Bonchev–Trinajstić information content (AvgIpc) is 2.39. The summed E-state index contributed by atoms with van der Waals surface area (Å²) in [5.41, 5.74) is 0.0282. The molecule has 2 aromatic carbocycles. The maximum absolute atomic E-state index is 13.4. The van der Waals surface area contributed by atoms with Gasteiger partial charge in [0.15, 0.2) is 0 Å².